The molecule has 0 aliphatic carbocycles. The molecule has 60 valence electrons. The molecular formula is C7H15NO2. The summed E-state index contributed by atoms with van der Waals surface area (Å²) < 4.78 is 0. The molecule has 1 unspecified atom stereocenters. The van der Waals surface area contributed by atoms with E-state index in [0.717, 1.165) is 6.42 Å². The third-order valence-electron chi connectivity index (χ3n) is 2.03. The maximum absolute atomic E-state index is 5.06. The normalized spacial score (nSPS) is 40.5. The van der Waals surface area contributed by atoms with Gasteiger partial charge in [-0.2, -0.15) is 0 Å². The molecule has 1 aliphatic rings. The second-order valence-electron chi connectivity index (χ2n) is 2.71. The molecular weight excluding hydrogens is 130 g/mol. The molecule has 0 spiro atoms. The minimum absolute atomic E-state index is 0.0740. The molecule has 1 N–H and O–H groups in total. The van der Waals surface area contributed by atoms with Crippen molar-refractivity contribution in [3.63, 3.8) is 0 Å². The zero-order valence-electron chi connectivity index (χ0n) is 6.76. The van der Waals surface area contributed by atoms with E-state index < -0.39 is 0 Å². The van der Waals surface area contributed by atoms with E-state index in [9.17, 15) is 0 Å². The maximum atomic E-state index is 5.06. The first kappa shape index (κ1) is 7.98. The van der Waals surface area contributed by atoms with Gasteiger partial charge in [-0.1, -0.05) is 13.8 Å². The van der Waals surface area contributed by atoms with Crippen LogP contribution >= 0.6 is 0 Å². The van der Waals surface area contributed by atoms with Gasteiger partial charge in [0.05, 0.1) is 6.10 Å². The van der Waals surface area contributed by atoms with E-state index in [-0.39, 0.29) is 12.3 Å². The minimum Gasteiger partial charge on any atom is -0.292 e. The number of nitrogens with one attached hydrogen (secondary N) is 1. The van der Waals surface area contributed by atoms with Crippen LogP contribution in [0.15, 0.2) is 0 Å². The Morgan fingerprint density at radius 3 is 2.40 bits per heavy atom. The molecule has 3 atom stereocenters. The van der Waals surface area contributed by atoms with Gasteiger partial charge in [-0.3, -0.25) is 5.32 Å². The lowest BCUT2D eigenvalue weighted by molar-refractivity contribution is -0.300. The predicted molar refractivity (Wildman–Crippen MR) is 38.3 cm³/mol. The molecule has 1 rings (SSSR count). The Morgan fingerprint density at radius 1 is 1.40 bits per heavy atom. The fourth-order valence-electron chi connectivity index (χ4n) is 1.25. The molecule has 1 saturated heterocycles. The SMILES string of the molecule is CC[C@H]1OOC(NC)[C@H]1C. The predicted octanol–water partition coefficient (Wildman–Crippen LogP) is 0.908. The second-order valence-corrected chi connectivity index (χ2v) is 2.71. The first-order valence-corrected chi connectivity index (χ1v) is 3.79. The highest BCUT2D eigenvalue weighted by Gasteiger charge is 2.33. The molecule has 0 aromatic carbocycles. The summed E-state index contributed by atoms with van der Waals surface area (Å²) in [4.78, 5) is 10.1. The topological polar surface area (TPSA) is 30.5 Å². The second kappa shape index (κ2) is 3.32. The van der Waals surface area contributed by atoms with Crippen LogP contribution in [-0.4, -0.2) is 19.4 Å². The van der Waals surface area contributed by atoms with Crippen molar-refractivity contribution in [2.45, 2.75) is 32.6 Å². The lowest BCUT2D eigenvalue weighted by Gasteiger charge is -2.11. The van der Waals surface area contributed by atoms with E-state index in [1.165, 1.54) is 0 Å². The van der Waals surface area contributed by atoms with E-state index in [0.29, 0.717) is 5.92 Å². The monoisotopic (exact) mass is 145 g/mol. The molecule has 1 heterocycles. The van der Waals surface area contributed by atoms with Crippen LogP contribution in [0.4, 0.5) is 0 Å². The van der Waals surface area contributed by atoms with Crippen molar-refractivity contribution >= 4 is 0 Å². The summed E-state index contributed by atoms with van der Waals surface area (Å²) in [6.45, 7) is 4.23. The van der Waals surface area contributed by atoms with Crippen LogP contribution in [0.1, 0.15) is 20.3 Å². The standard InChI is InChI=1S/C7H15NO2/c1-4-6-5(2)7(8-3)10-9-6/h5-8H,4H2,1-3H3/t5-,6+,7?/m0/s1. The van der Waals surface area contributed by atoms with Gasteiger partial charge in [-0.05, 0) is 13.5 Å². The molecule has 10 heavy (non-hydrogen) atoms. The largest absolute Gasteiger partial charge is 0.292 e. The Labute approximate surface area is 61.6 Å². The summed E-state index contributed by atoms with van der Waals surface area (Å²) in [5.41, 5.74) is 0. The van der Waals surface area contributed by atoms with Gasteiger partial charge in [0.2, 0.25) is 0 Å². The summed E-state index contributed by atoms with van der Waals surface area (Å²) in [5, 5.41) is 3.03. The number of hydrogen-bond donors (Lipinski definition) is 1. The van der Waals surface area contributed by atoms with Crippen molar-refractivity contribution in [3.8, 4) is 0 Å². The van der Waals surface area contributed by atoms with Crippen molar-refractivity contribution in [1.82, 2.24) is 5.32 Å². The Bertz CT molecular complexity index is 95.8. The van der Waals surface area contributed by atoms with Gasteiger partial charge in [-0.15, -0.1) is 0 Å². The summed E-state index contributed by atoms with van der Waals surface area (Å²) in [7, 11) is 1.88. The smallest absolute Gasteiger partial charge is 0.148 e. The van der Waals surface area contributed by atoms with E-state index in [4.69, 9.17) is 9.78 Å². The summed E-state index contributed by atoms with van der Waals surface area (Å²) in [6, 6.07) is 0. The first-order chi connectivity index (χ1) is 4.79. The highest BCUT2D eigenvalue weighted by Crippen LogP contribution is 2.23. The van der Waals surface area contributed by atoms with Gasteiger partial charge >= 0.3 is 0 Å². The average Bonchev–Trinajstić information content (AvgIpc) is 2.30. The van der Waals surface area contributed by atoms with E-state index >= 15 is 0 Å². The molecule has 0 radical (unpaired) electrons. The van der Waals surface area contributed by atoms with Crippen LogP contribution in [0.25, 0.3) is 0 Å². The van der Waals surface area contributed by atoms with Crippen LogP contribution in [0.3, 0.4) is 0 Å². The molecule has 1 aliphatic heterocycles. The Balaban J connectivity index is 2.41. The molecule has 3 nitrogen and oxygen atoms in total. The Hall–Kier alpha value is -0.120. The zero-order valence-corrected chi connectivity index (χ0v) is 6.76. The average molecular weight is 145 g/mol. The molecule has 0 aromatic heterocycles. The molecule has 0 aromatic rings. The third kappa shape index (κ3) is 1.31. The summed E-state index contributed by atoms with van der Waals surface area (Å²) in [6.07, 6.45) is 1.35. The third-order valence-corrected chi connectivity index (χ3v) is 2.03. The minimum atomic E-state index is 0.0740. The lowest BCUT2D eigenvalue weighted by atomic mass is 10.0. The molecule has 0 amide bonds. The maximum Gasteiger partial charge on any atom is 0.148 e. The summed E-state index contributed by atoms with van der Waals surface area (Å²) in [5.74, 6) is 0.454. The molecule has 0 saturated carbocycles. The van der Waals surface area contributed by atoms with Crippen LogP contribution in [-0.2, 0) is 9.78 Å². The molecule has 3 heteroatoms. The molecule has 0 bridgehead atoms. The van der Waals surface area contributed by atoms with E-state index in [1.54, 1.807) is 0 Å². The fourth-order valence-corrected chi connectivity index (χ4v) is 1.25. The zero-order chi connectivity index (χ0) is 7.56. The Kier molecular flexibility index (Phi) is 2.65. The Morgan fingerprint density at radius 2 is 2.10 bits per heavy atom. The van der Waals surface area contributed by atoms with Crippen molar-refractivity contribution in [3.05, 3.63) is 0 Å². The fraction of sp³-hybridized carbons (Fsp3) is 1.00. The van der Waals surface area contributed by atoms with Crippen LogP contribution in [0, 0.1) is 5.92 Å². The van der Waals surface area contributed by atoms with Gasteiger partial charge in [0.1, 0.15) is 6.23 Å². The number of hydrogen-bond acceptors (Lipinski definition) is 3. The van der Waals surface area contributed by atoms with Crippen molar-refractivity contribution in [2.24, 2.45) is 5.92 Å². The van der Waals surface area contributed by atoms with Gasteiger partial charge < -0.3 is 0 Å². The van der Waals surface area contributed by atoms with Gasteiger partial charge in [0.15, 0.2) is 0 Å². The van der Waals surface area contributed by atoms with E-state index in [1.807, 2.05) is 7.05 Å². The van der Waals surface area contributed by atoms with E-state index in [2.05, 4.69) is 19.2 Å². The van der Waals surface area contributed by atoms with Crippen molar-refractivity contribution in [2.75, 3.05) is 7.05 Å². The van der Waals surface area contributed by atoms with Crippen LogP contribution in [0.2, 0.25) is 0 Å². The quantitative estimate of drug-likeness (QED) is 0.586. The van der Waals surface area contributed by atoms with Crippen LogP contribution in [0.5, 0.6) is 0 Å². The summed E-state index contributed by atoms with van der Waals surface area (Å²) >= 11 is 0. The van der Waals surface area contributed by atoms with Gasteiger partial charge in [0, 0.05) is 5.92 Å². The van der Waals surface area contributed by atoms with Crippen LogP contribution < -0.4 is 5.32 Å². The lowest BCUT2D eigenvalue weighted by Crippen LogP contribution is -2.31. The highest BCUT2D eigenvalue weighted by atomic mass is 17.2. The van der Waals surface area contributed by atoms with Crippen molar-refractivity contribution < 1.29 is 9.78 Å². The highest BCUT2D eigenvalue weighted by molar-refractivity contribution is 4.73. The molecule has 1 fully saturated rings. The van der Waals surface area contributed by atoms with Crippen molar-refractivity contribution in [1.29, 1.82) is 0 Å². The first-order valence-electron chi connectivity index (χ1n) is 3.79. The van der Waals surface area contributed by atoms with Gasteiger partial charge in [0.25, 0.3) is 0 Å². The number of rotatable bonds is 2. The van der Waals surface area contributed by atoms with Gasteiger partial charge in [-0.25, -0.2) is 9.78 Å².